The Balaban J connectivity index is 1.41. The topological polar surface area (TPSA) is 56.9 Å². The molecule has 1 aromatic carbocycles. The molecule has 0 aliphatic carbocycles. The second kappa shape index (κ2) is 10.1. The van der Waals surface area contributed by atoms with Gasteiger partial charge in [-0.3, -0.25) is 9.89 Å². The molecule has 158 valence electrons. The zero-order chi connectivity index (χ0) is 20.8. The Labute approximate surface area is 179 Å². The van der Waals surface area contributed by atoms with Crippen LogP contribution in [0.1, 0.15) is 35.7 Å². The van der Waals surface area contributed by atoms with Gasteiger partial charge in [-0.1, -0.05) is 23.7 Å². The number of guanidine groups is 1. The van der Waals surface area contributed by atoms with Gasteiger partial charge in [-0.2, -0.15) is 0 Å². The average molecular weight is 418 g/mol. The number of nitrogens with zero attached hydrogens (tertiary/aromatic N) is 4. The molecule has 0 atom stereocenters. The number of likely N-dealkylation sites (tertiary alicyclic amines) is 1. The molecular formula is C22H32ClN5O. The van der Waals surface area contributed by atoms with E-state index in [0.717, 1.165) is 61.1 Å². The van der Waals surface area contributed by atoms with Gasteiger partial charge in [0.1, 0.15) is 5.76 Å². The Morgan fingerprint density at radius 2 is 1.97 bits per heavy atom. The molecule has 1 N–H and O–H groups in total. The van der Waals surface area contributed by atoms with Gasteiger partial charge in [-0.05, 0) is 63.4 Å². The molecule has 0 bridgehead atoms. The number of aromatic nitrogens is 1. The Kier molecular flexibility index (Phi) is 7.56. The van der Waals surface area contributed by atoms with Crippen LogP contribution >= 0.6 is 11.6 Å². The van der Waals surface area contributed by atoms with E-state index in [2.05, 4.69) is 44.3 Å². The number of hydrogen-bond acceptors (Lipinski definition) is 4. The fourth-order valence-corrected chi connectivity index (χ4v) is 3.83. The van der Waals surface area contributed by atoms with E-state index in [9.17, 15) is 0 Å². The summed E-state index contributed by atoms with van der Waals surface area (Å²) in [5.41, 5.74) is 2.21. The predicted molar refractivity (Wildman–Crippen MR) is 118 cm³/mol. The highest BCUT2D eigenvalue weighted by Crippen LogP contribution is 2.19. The van der Waals surface area contributed by atoms with Crippen molar-refractivity contribution in [2.24, 2.45) is 10.9 Å². The third kappa shape index (κ3) is 6.21. The summed E-state index contributed by atoms with van der Waals surface area (Å²) in [6, 6.07) is 7.96. The number of aryl methyl sites for hydroxylation is 2. The van der Waals surface area contributed by atoms with E-state index in [1.165, 1.54) is 18.4 Å². The summed E-state index contributed by atoms with van der Waals surface area (Å²) < 4.78 is 5.73. The van der Waals surface area contributed by atoms with E-state index in [1.807, 2.05) is 33.0 Å². The number of halogens is 1. The number of hydrogen-bond donors (Lipinski definition) is 1. The molecule has 1 aliphatic rings. The van der Waals surface area contributed by atoms with Gasteiger partial charge in [0.25, 0.3) is 0 Å². The van der Waals surface area contributed by atoms with Crippen LogP contribution in [-0.2, 0) is 13.1 Å². The first-order valence-corrected chi connectivity index (χ1v) is 10.6. The van der Waals surface area contributed by atoms with Crippen molar-refractivity contribution in [3.63, 3.8) is 0 Å². The molecule has 7 heteroatoms. The summed E-state index contributed by atoms with van der Waals surface area (Å²) in [6.45, 7) is 8.67. The monoisotopic (exact) mass is 417 g/mol. The van der Waals surface area contributed by atoms with Crippen LogP contribution in [0, 0.1) is 19.8 Å². The molecule has 6 nitrogen and oxygen atoms in total. The third-order valence-electron chi connectivity index (χ3n) is 5.59. The Hall–Kier alpha value is -2.05. The molecule has 0 radical (unpaired) electrons. The maximum Gasteiger partial charge on any atom is 0.208 e. The number of piperidine rings is 1. The summed E-state index contributed by atoms with van der Waals surface area (Å²) in [5.74, 6) is 3.34. The highest BCUT2D eigenvalue weighted by atomic mass is 35.5. The molecular weight excluding hydrogens is 386 g/mol. The van der Waals surface area contributed by atoms with Crippen LogP contribution in [-0.4, -0.2) is 54.5 Å². The smallest absolute Gasteiger partial charge is 0.208 e. The van der Waals surface area contributed by atoms with E-state index in [0.29, 0.717) is 5.92 Å². The molecule has 0 saturated carbocycles. The van der Waals surface area contributed by atoms with Gasteiger partial charge in [-0.15, -0.1) is 0 Å². The van der Waals surface area contributed by atoms with Crippen LogP contribution in [0.15, 0.2) is 33.7 Å². The van der Waals surface area contributed by atoms with Crippen LogP contribution in [0.3, 0.4) is 0 Å². The standard InChI is InChI=1S/C22H32ClN5O/c1-16-17(2)29-21(26-16)15-28-11-9-18(10-12-28)13-25-22(24-3)27(4)14-19-5-7-20(23)8-6-19/h5-8,18H,9-15H2,1-4H3,(H,24,25). The normalized spacial score (nSPS) is 16.2. The van der Waals surface area contributed by atoms with Gasteiger partial charge in [0.2, 0.25) is 5.89 Å². The zero-order valence-corrected chi connectivity index (χ0v) is 18.7. The fraction of sp³-hybridized carbons (Fsp3) is 0.545. The van der Waals surface area contributed by atoms with Crippen LogP contribution in [0.5, 0.6) is 0 Å². The number of oxazole rings is 1. The maximum absolute atomic E-state index is 5.98. The first-order valence-electron chi connectivity index (χ1n) is 10.3. The summed E-state index contributed by atoms with van der Waals surface area (Å²) >= 11 is 5.98. The van der Waals surface area contributed by atoms with Gasteiger partial charge in [-0.25, -0.2) is 4.98 Å². The lowest BCUT2D eigenvalue weighted by Gasteiger charge is -2.32. The van der Waals surface area contributed by atoms with Crippen LogP contribution < -0.4 is 5.32 Å². The molecule has 29 heavy (non-hydrogen) atoms. The third-order valence-corrected chi connectivity index (χ3v) is 5.85. The first kappa shape index (κ1) is 21.7. The van der Waals surface area contributed by atoms with Crippen molar-refractivity contribution >= 4 is 17.6 Å². The van der Waals surface area contributed by atoms with Crippen LogP contribution in [0.2, 0.25) is 5.02 Å². The lowest BCUT2D eigenvalue weighted by molar-refractivity contribution is 0.163. The predicted octanol–water partition coefficient (Wildman–Crippen LogP) is 3.86. The molecule has 3 rings (SSSR count). The van der Waals surface area contributed by atoms with E-state index >= 15 is 0 Å². The number of aliphatic imine (C=N–C) groups is 1. The molecule has 2 heterocycles. The van der Waals surface area contributed by atoms with Crippen molar-refractivity contribution in [3.05, 3.63) is 52.2 Å². The van der Waals surface area contributed by atoms with Crippen molar-refractivity contribution in [2.45, 2.75) is 39.8 Å². The lowest BCUT2D eigenvalue weighted by Crippen LogP contribution is -2.43. The molecule has 1 aliphatic heterocycles. The van der Waals surface area contributed by atoms with Crippen molar-refractivity contribution in [3.8, 4) is 0 Å². The van der Waals surface area contributed by atoms with Crippen molar-refractivity contribution in [1.29, 1.82) is 0 Å². The maximum atomic E-state index is 5.98. The minimum Gasteiger partial charge on any atom is -0.444 e. The van der Waals surface area contributed by atoms with E-state index < -0.39 is 0 Å². The van der Waals surface area contributed by atoms with Crippen molar-refractivity contribution in [1.82, 2.24) is 20.1 Å². The molecule has 0 unspecified atom stereocenters. The summed E-state index contributed by atoms with van der Waals surface area (Å²) in [7, 11) is 3.90. The number of benzene rings is 1. The highest BCUT2D eigenvalue weighted by Gasteiger charge is 2.21. The quantitative estimate of drug-likeness (QED) is 0.571. The molecule has 2 aromatic rings. The first-order chi connectivity index (χ1) is 13.9. The Bertz CT molecular complexity index is 790. The van der Waals surface area contributed by atoms with Gasteiger partial charge in [0, 0.05) is 32.2 Å². The summed E-state index contributed by atoms with van der Waals surface area (Å²) in [4.78, 5) is 13.5. The summed E-state index contributed by atoms with van der Waals surface area (Å²) in [6.07, 6.45) is 2.34. The van der Waals surface area contributed by atoms with E-state index in [4.69, 9.17) is 16.0 Å². The highest BCUT2D eigenvalue weighted by molar-refractivity contribution is 6.30. The molecule has 0 spiro atoms. The molecule has 0 amide bonds. The Morgan fingerprint density at radius 3 is 2.55 bits per heavy atom. The fourth-order valence-electron chi connectivity index (χ4n) is 3.71. The molecule has 1 aromatic heterocycles. The van der Waals surface area contributed by atoms with Crippen LogP contribution in [0.25, 0.3) is 0 Å². The summed E-state index contributed by atoms with van der Waals surface area (Å²) in [5, 5.41) is 4.31. The van der Waals surface area contributed by atoms with Crippen molar-refractivity contribution in [2.75, 3.05) is 33.7 Å². The largest absolute Gasteiger partial charge is 0.444 e. The molecule has 1 saturated heterocycles. The second-order valence-corrected chi connectivity index (χ2v) is 8.32. The van der Waals surface area contributed by atoms with Gasteiger partial charge >= 0.3 is 0 Å². The molecule has 1 fully saturated rings. The van der Waals surface area contributed by atoms with Gasteiger partial charge in [0.15, 0.2) is 5.96 Å². The lowest BCUT2D eigenvalue weighted by atomic mass is 9.97. The minimum absolute atomic E-state index is 0.653. The Morgan fingerprint density at radius 1 is 1.28 bits per heavy atom. The zero-order valence-electron chi connectivity index (χ0n) is 17.9. The van der Waals surface area contributed by atoms with Crippen LogP contribution in [0.4, 0.5) is 0 Å². The van der Waals surface area contributed by atoms with E-state index in [-0.39, 0.29) is 0 Å². The minimum atomic E-state index is 0.653. The van der Waals surface area contributed by atoms with Gasteiger partial charge < -0.3 is 14.6 Å². The number of nitrogens with one attached hydrogen (secondary N) is 1. The second-order valence-electron chi connectivity index (χ2n) is 7.88. The SMILES string of the molecule is CN=C(NCC1CCN(Cc2nc(C)c(C)o2)CC1)N(C)Cc1ccc(Cl)cc1. The van der Waals surface area contributed by atoms with Gasteiger partial charge in [0.05, 0.1) is 12.2 Å². The van der Waals surface area contributed by atoms with Crippen molar-refractivity contribution < 1.29 is 4.42 Å². The average Bonchev–Trinajstić information content (AvgIpc) is 3.02. The number of rotatable bonds is 6. The van der Waals surface area contributed by atoms with E-state index in [1.54, 1.807) is 0 Å².